The average molecular weight is 264 g/mol. The molecule has 0 bridgehead atoms. The molecular formula is C14H20N2OS. The van der Waals surface area contributed by atoms with Gasteiger partial charge < -0.3 is 15.4 Å². The topological polar surface area (TPSA) is 38.5 Å². The molecule has 1 aliphatic heterocycles. The van der Waals surface area contributed by atoms with Crippen LogP contribution in [0.25, 0.3) is 0 Å². The summed E-state index contributed by atoms with van der Waals surface area (Å²) in [6, 6.07) is 10.7. The van der Waals surface area contributed by atoms with Gasteiger partial charge in [0.25, 0.3) is 0 Å². The molecule has 2 unspecified atom stereocenters. The van der Waals surface area contributed by atoms with Gasteiger partial charge in [0.2, 0.25) is 0 Å². The van der Waals surface area contributed by atoms with Crippen molar-refractivity contribution in [2.75, 3.05) is 26.8 Å². The van der Waals surface area contributed by atoms with Crippen LogP contribution in [0.4, 0.5) is 0 Å². The monoisotopic (exact) mass is 264 g/mol. The van der Waals surface area contributed by atoms with Crippen molar-refractivity contribution < 1.29 is 4.74 Å². The van der Waals surface area contributed by atoms with Crippen molar-refractivity contribution in [1.29, 1.82) is 0 Å². The molecule has 0 aliphatic carbocycles. The second-order valence-electron chi connectivity index (χ2n) is 4.82. The van der Waals surface area contributed by atoms with Gasteiger partial charge in [-0.2, -0.15) is 0 Å². The maximum Gasteiger partial charge on any atom is 0.0816 e. The molecule has 1 heterocycles. The van der Waals surface area contributed by atoms with Gasteiger partial charge in [-0.05, 0) is 19.0 Å². The summed E-state index contributed by atoms with van der Waals surface area (Å²) >= 11 is 5.21. The molecule has 18 heavy (non-hydrogen) atoms. The van der Waals surface area contributed by atoms with Gasteiger partial charge in [0.1, 0.15) is 0 Å². The average Bonchev–Trinajstić information content (AvgIpc) is 2.90. The molecule has 0 saturated carbocycles. The van der Waals surface area contributed by atoms with E-state index in [0.29, 0.717) is 11.0 Å². The minimum atomic E-state index is 0.117. The van der Waals surface area contributed by atoms with Crippen LogP contribution in [0.15, 0.2) is 30.3 Å². The second-order valence-corrected chi connectivity index (χ2v) is 5.29. The first-order chi connectivity index (χ1) is 8.68. The summed E-state index contributed by atoms with van der Waals surface area (Å²) in [5.41, 5.74) is 7.08. The molecular weight excluding hydrogens is 244 g/mol. The number of ether oxygens (including phenoxy) is 1. The van der Waals surface area contributed by atoms with E-state index in [1.165, 1.54) is 5.56 Å². The highest BCUT2D eigenvalue weighted by molar-refractivity contribution is 7.80. The van der Waals surface area contributed by atoms with E-state index < -0.39 is 0 Å². The summed E-state index contributed by atoms with van der Waals surface area (Å²) in [6.45, 7) is 2.53. The molecule has 0 amide bonds. The number of nitrogens with zero attached hydrogens (tertiary/aromatic N) is 1. The summed E-state index contributed by atoms with van der Waals surface area (Å²) in [4.78, 5) is 2.87. The van der Waals surface area contributed by atoms with Gasteiger partial charge in [-0.15, -0.1) is 0 Å². The van der Waals surface area contributed by atoms with Crippen LogP contribution in [0.1, 0.15) is 17.9 Å². The number of benzene rings is 1. The molecule has 4 heteroatoms. The number of rotatable bonds is 5. The molecule has 1 saturated heterocycles. The van der Waals surface area contributed by atoms with Crippen LogP contribution in [0, 0.1) is 0 Å². The highest BCUT2D eigenvalue weighted by Crippen LogP contribution is 2.20. The Hall–Kier alpha value is -0.970. The van der Waals surface area contributed by atoms with Crippen LogP contribution in [0.2, 0.25) is 0 Å². The Morgan fingerprint density at radius 2 is 2.22 bits per heavy atom. The van der Waals surface area contributed by atoms with E-state index in [4.69, 9.17) is 22.7 Å². The third-order valence-electron chi connectivity index (χ3n) is 3.54. The van der Waals surface area contributed by atoms with Crippen molar-refractivity contribution in [2.24, 2.45) is 5.73 Å². The smallest absolute Gasteiger partial charge is 0.0816 e. The molecule has 1 aromatic carbocycles. The Kier molecular flexibility index (Phi) is 4.69. The Bertz CT molecular complexity index is 390. The van der Waals surface area contributed by atoms with Crippen LogP contribution in [-0.2, 0) is 4.74 Å². The molecule has 1 fully saturated rings. The summed E-state index contributed by atoms with van der Waals surface area (Å²) in [7, 11) is 2.12. The zero-order valence-electron chi connectivity index (χ0n) is 10.7. The standard InChI is InChI=1S/C14H20N2OS/c1-16(12-7-8-17-10-12)9-13(14(15)18)11-5-3-2-4-6-11/h2-6,12-13H,7-10H2,1H3,(H2,15,18). The van der Waals surface area contributed by atoms with Gasteiger partial charge in [-0.1, -0.05) is 42.5 Å². The van der Waals surface area contributed by atoms with Gasteiger partial charge in [-0.3, -0.25) is 0 Å². The zero-order valence-corrected chi connectivity index (χ0v) is 11.5. The lowest BCUT2D eigenvalue weighted by molar-refractivity contribution is 0.159. The van der Waals surface area contributed by atoms with E-state index in [0.717, 1.165) is 26.2 Å². The minimum Gasteiger partial charge on any atom is -0.393 e. The van der Waals surface area contributed by atoms with Crippen molar-refractivity contribution in [3.63, 3.8) is 0 Å². The van der Waals surface area contributed by atoms with Crippen LogP contribution < -0.4 is 5.73 Å². The van der Waals surface area contributed by atoms with Gasteiger partial charge in [-0.25, -0.2) is 0 Å². The van der Waals surface area contributed by atoms with Crippen molar-refractivity contribution in [3.8, 4) is 0 Å². The third-order valence-corrected chi connectivity index (χ3v) is 3.83. The number of hydrogen-bond donors (Lipinski definition) is 1. The predicted molar refractivity (Wildman–Crippen MR) is 77.8 cm³/mol. The predicted octanol–water partition coefficient (Wildman–Crippen LogP) is 1.78. The van der Waals surface area contributed by atoms with E-state index in [-0.39, 0.29) is 5.92 Å². The summed E-state index contributed by atoms with van der Waals surface area (Å²) in [5.74, 6) is 0.117. The maximum atomic E-state index is 5.89. The molecule has 98 valence electrons. The highest BCUT2D eigenvalue weighted by Gasteiger charge is 2.24. The first kappa shape index (κ1) is 13.5. The second kappa shape index (κ2) is 6.27. The van der Waals surface area contributed by atoms with Crippen molar-refractivity contribution in [2.45, 2.75) is 18.4 Å². The van der Waals surface area contributed by atoms with E-state index in [1.54, 1.807) is 0 Å². The summed E-state index contributed by atoms with van der Waals surface area (Å²) in [5, 5.41) is 0. The third kappa shape index (κ3) is 3.28. The molecule has 2 N–H and O–H groups in total. The Morgan fingerprint density at radius 1 is 1.50 bits per heavy atom. The fraction of sp³-hybridized carbons (Fsp3) is 0.500. The molecule has 0 spiro atoms. The zero-order chi connectivity index (χ0) is 13.0. The Morgan fingerprint density at radius 3 is 2.78 bits per heavy atom. The molecule has 0 radical (unpaired) electrons. The SMILES string of the molecule is CN(CC(C(N)=S)c1ccccc1)C1CCOC1. The number of thiocarbonyl (C=S) groups is 1. The molecule has 1 aromatic rings. The lowest BCUT2D eigenvalue weighted by Gasteiger charge is -2.27. The normalized spacial score (nSPS) is 21.1. The molecule has 2 atom stereocenters. The van der Waals surface area contributed by atoms with Crippen molar-refractivity contribution in [1.82, 2.24) is 4.90 Å². The van der Waals surface area contributed by atoms with Gasteiger partial charge in [0.15, 0.2) is 0 Å². The lowest BCUT2D eigenvalue weighted by atomic mass is 9.98. The van der Waals surface area contributed by atoms with E-state index in [9.17, 15) is 0 Å². The van der Waals surface area contributed by atoms with Crippen molar-refractivity contribution >= 4 is 17.2 Å². The van der Waals surface area contributed by atoms with E-state index in [1.807, 2.05) is 18.2 Å². The summed E-state index contributed by atoms with van der Waals surface area (Å²) in [6.07, 6.45) is 1.09. The Balaban J connectivity index is 2.04. The first-order valence-corrected chi connectivity index (χ1v) is 6.71. The van der Waals surface area contributed by atoms with Crippen LogP contribution in [-0.4, -0.2) is 42.7 Å². The maximum absolute atomic E-state index is 5.89. The first-order valence-electron chi connectivity index (χ1n) is 6.30. The number of nitrogens with two attached hydrogens (primary N) is 1. The number of likely N-dealkylation sites (N-methyl/N-ethyl adjacent to an activating group) is 1. The van der Waals surface area contributed by atoms with Gasteiger partial charge in [0.05, 0.1) is 11.6 Å². The quantitative estimate of drug-likeness (QED) is 0.823. The molecule has 1 aliphatic rings. The van der Waals surface area contributed by atoms with Crippen LogP contribution in [0.3, 0.4) is 0 Å². The fourth-order valence-electron chi connectivity index (χ4n) is 2.35. The lowest BCUT2D eigenvalue weighted by Crippen LogP contribution is -2.38. The Labute approximate surface area is 114 Å². The molecule has 2 rings (SSSR count). The molecule has 0 aromatic heterocycles. The summed E-state index contributed by atoms with van der Waals surface area (Å²) < 4.78 is 5.42. The van der Waals surface area contributed by atoms with Crippen LogP contribution >= 0.6 is 12.2 Å². The van der Waals surface area contributed by atoms with E-state index in [2.05, 4.69) is 24.1 Å². The van der Waals surface area contributed by atoms with Gasteiger partial charge in [0, 0.05) is 25.1 Å². The van der Waals surface area contributed by atoms with E-state index >= 15 is 0 Å². The van der Waals surface area contributed by atoms with Crippen molar-refractivity contribution in [3.05, 3.63) is 35.9 Å². The minimum absolute atomic E-state index is 0.117. The molecule has 3 nitrogen and oxygen atoms in total. The highest BCUT2D eigenvalue weighted by atomic mass is 32.1. The van der Waals surface area contributed by atoms with Crippen LogP contribution in [0.5, 0.6) is 0 Å². The van der Waals surface area contributed by atoms with Gasteiger partial charge >= 0.3 is 0 Å². The largest absolute Gasteiger partial charge is 0.393 e. The number of hydrogen-bond acceptors (Lipinski definition) is 3. The fourth-order valence-corrected chi connectivity index (χ4v) is 2.56.